The van der Waals surface area contributed by atoms with Crippen LogP contribution in [0.15, 0.2) is 78.9 Å². The molecule has 0 N–H and O–H groups in total. The monoisotopic (exact) mass is 492 g/mol. The lowest BCUT2D eigenvalue weighted by Gasteiger charge is -2.22. The smallest absolute Gasteiger partial charge is 0.376 e. The minimum absolute atomic E-state index is 0.220. The normalized spacial score (nSPS) is 14.9. The number of hydrogen-bond donors (Lipinski definition) is 0. The van der Waals surface area contributed by atoms with Crippen LogP contribution in [0.3, 0.4) is 0 Å². The molecule has 1 aliphatic carbocycles. The highest BCUT2D eigenvalue weighted by Gasteiger charge is 2.48. The SMILES string of the molecule is CC1(C)c2ccccc2-c2cc3c4ccccc4c4cc(OS(=O)(=O)C(F)(F)F)ccc4c3cc21. The van der Waals surface area contributed by atoms with Gasteiger partial charge in [-0.1, -0.05) is 62.4 Å². The number of benzene rings is 5. The van der Waals surface area contributed by atoms with Gasteiger partial charge in [-0.25, -0.2) is 0 Å². The first-order chi connectivity index (χ1) is 16.5. The average molecular weight is 493 g/mol. The molecule has 0 saturated carbocycles. The highest BCUT2D eigenvalue weighted by atomic mass is 32.2. The molecular weight excluding hydrogens is 473 g/mol. The third-order valence-electron chi connectivity index (χ3n) is 7.00. The van der Waals surface area contributed by atoms with E-state index in [9.17, 15) is 21.6 Å². The van der Waals surface area contributed by atoms with Crippen LogP contribution in [0.1, 0.15) is 25.0 Å². The molecule has 0 saturated heterocycles. The van der Waals surface area contributed by atoms with Crippen molar-refractivity contribution in [3.63, 3.8) is 0 Å². The molecule has 0 fully saturated rings. The van der Waals surface area contributed by atoms with Gasteiger partial charge in [0.2, 0.25) is 0 Å². The molecule has 0 amide bonds. The van der Waals surface area contributed by atoms with E-state index in [1.54, 1.807) is 6.07 Å². The van der Waals surface area contributed by atoms with Gasteiger partial charge in [0.1, 0.15) is 5.75 Å². The van der Waals surface area contributed by atoms with Crippen LogP contribution in [0.4, 0.5) is 13.2 Å². The van der Waals surface area contributed by atoms with Gasteiger partial charge in [-0.2, -0.15) is 21.6 Å². The number of rotatable bonds is 2. The summed E-state index contributed by atoms with van der Waals surface area (Å²) in [6, 6.07) is 24.6. The Morgan fingerprint density at radius 2 is 1.23 bits per heavy atom. The second-order valence-corrected chi connectivity index (χ2v) is 10.9. The van der Waals surface area contributed by atoms with E-state index < -0.39 is 15.6 Å². The molecule has 0 bridgehead atoms. The summed E-state index contributed by atoms with van der Waals surface area (Å²) in [4.78, 5) is 0. The van der Waals surface area contributed by atoms with Gasteiger partial charge in [0.25, 0.3) is 0 Å². The van der Waals surface area contributed by atoms with Crippen molar-refractivity contribution < 1.29 is 25.8 Å². The first-order valence-electron chi connectivity index (χ1n) is 11.0. The van der Waals surface area contributed by atoms with E-state index in [4.69, 9.17) is 0 Å². The predicted molar refractivity (Wildman–Crippen MR) is 132 cm³/mol. The zero-order valence-electron chi connectivity index (χ0n) is 18.8. The van der Waals surface area contributed by atoms with E-state index >= 15 is 0 Å². The second-order valence-electron chi connectivity index (χ2n) is 9.35. The van der Waals surface area contributed by atoms with E-state index in [0.29, 0.717) is 5.39 Å². The summed E-state index contributed by atoms with van der Waals surface area (Å²) in [6.45, 7) is 4.36. The molecule has 0 radical (unpaired) electrons. The summed E-state index contributed by atoms with van der Waals surface area (Å²) in [5.41, 5.74) is -0.954. The summed E-state index contributed by atoms with van der Waals surface area (Å²) in [5, 5.41) is 5.13. The topological polar surface area (TPSA) is 43.4 Å². The largest absolute Gasteiger partial charge is 0.534 e. The minimum Gasteiger partial charge on any atom is -0.376 e. The van der Waals surface area contributed by atoms with Crippen LogP contribution in [0.25, 0.3) is 43.4 Å². The summed E-state index contributed by atoms with van der Waals surface area (Å²) < 4.78 is 66.3. The number of fused-ring (bicyclic) bond motifs is 9. The fraction of sp³-hybridized carbons (Fsp3) is 0.143. The van der Waals surface area contributed by atoms with Crippen molar-refractivity contribution in [3.05, 3.63) is 90.0 Å². The molecule has 35 heavy (non-hydrogen) atoms. The van der Waals surface area contributed by atoms with Gasteiger partial charge in [-0.15, -0.1) is 0 Å². The molecule has 0 aliphatic heterocycles. The van der Waals surface area contributed by atoms with Crippen LogP contribution in [0, 0.1) is 0 Å². The number of alkyl halides is 3. The fourth-order valence-electron chi connectivity index (χ4n) is 5.35. The highest BCUT2D eigenvalue weighted by Crippen LogP contribution is 2.51. The lowest BCUT2D eigenvalue weighted by Crippen LogP contribution is -2.28. The van der Waals surface area contributed by atoms with Gasteiger partial charge in [0, 0.05) is 5.41 Å². The molecule has 0 unspecified atom stereocenters. The van der Waals surface area contributed by atoms with Gasteiger partial charge in [0.05, 0.1) is 0 Å². The van der Waals surface area contributed by atoms with Crippen LogP contribution in [0.2, 0.25) is 0 Å². The Bertz CT molecular complexity index is 1800. The summed E-state index contributed by atoms with van der Waals surface area (Å²) >= 11 is 0. The van der Waals surface area contributed by atoms with Gasteiger partial charge >= 0.3 is 15.6 Å². The summed E-state index contributed by atoms with van der Waals surface area (Å²) in [7, 11) is -5.77. The van der Waals surface area contributed by atoms with Crippen molar-refractivity contribution in [2.24, 2.45) is 0 Å². The molecule has 7 heteroatoms. The van der Waals surface area contributed by atoms with Crippen molar-refractivity contribution in [2.45, 2.75) is 24.8 Å². The van der Waals surface area contributed by atoms with Crippen LogP contribution in [-0.2, 0) is 15.5 Å². The maximum absolute atomic E-state index is 12.9. The Hall–Kier alpha value is -3.58. The first-order valence-corrected chi connectivity index (χ1v) is 12.4. The first kappa shape index (κ1) is 21.9. The fourth-order valence-corrected chi connectivity index (χ4v) is 5.80. The van der Waals surface area contributed by atoms with Crippen molar-refractivity contribution >= 4 is 42.4 Å². The standard InChI is InChI=1S/C28H19F3O3S/c1-27(2)25-10-6-5-9-20(25)24-14-22-18-8-4-3-7-17(18)21-13-16(34-35(32,33)28(29,30)31)11-12-19(21)23(22)15-26(24)27/h3-15H,1-2H3. The van der Waals surface area contributed by atoms with Crippen LogP contribution in [0.5, 0.6) is 5.75 Å². The van der Waals surface area contributed by atoms with Crippen LogP contribution in [-0.4, -0.2) is 13.9 Å². The molecule has 1 aliphatic rings. The van der Waals surface area contributed by atoms with E-state index in [1.165, 1.54) is 34.4 Å². The molecule has 5 aromatic rings. The average Bonchev–Trinajstić information content (AvgIpc) is 3.04. The van der Waals surface area contributed by atoms with Crippen LogP contribution >= 0.6 is 0 Å². The number of hydrogen-bond acceptors (Lipinski definition) is 3. The van der Waals surface area contributed by atoms with Crippen molar-refractivity contribution in [1.82, 2.24) is 0 Å². The Balaban J connectivity index is 1.68. The molecule has 5 aromatic carbocycles. The predicted octanol–water partition coefficient (Wildman–Crippen LogP) is 7.68. The van der Waals surface area contributed by atoms with Gasteiger partial charge in [0.15, 0.2) is 0 Å². The molecule has 0 spiro atoms. The van der Waals surface area contributed by atoms with E-state index in [0.717, 1.165) is 26.9 Å². The summed E-state index contributed by atoms with van der Waals surface area (Å²) in [5.74, 6) is -0.381. The van der Waals surface area contributed by atoms with Crippen molar-refractivity contribution in [2.75, 3.05) is 0 Å². The zero-order chi connectivity index (χ0) is 24.8. The highest BCUT2D eigenvalue weighted by molar-refractivity contribution is 7.88. The van der Waals surface area contributed by atoms with E-state index in [2.05, 4.69) is 42.3 Å². The lowest BCUT2D eigenvalue weighted by molar-refractivity contribution is -0.0500. The zero-order valence-corrected chi connectivity index (χ0v) is 19.6. The molecule has 0 atom stereocenters. The van der Waals surface area contributed by atoms with E-state index in [1.807, 2.05) is 36.4 Å². The quantitative estimate of drug-likeness (QED) is 0.144. The van der Waals surface area contributed by atoms with Gasteiger partial charge < -0.3 is 4.18 Å². The Morgan fingerprint density at radius 1 is 0.657 bits per heavy atom. The molecule has 6 rings (SSSR count). The van der Waals surface area contributed by atoms with Crippen molar-refractivity contribution in [1.29, 1.82) is 0 Å². The van der Waals surface area contributed by atoms with Gasteiger partial charge in [-0.3, -0.25) is 0 Å². The third-order valence-corrected chi connectivity index (χ3v) is 7.98. The Kier molecular flexibility index (Phi) is 4.37. The van der Waals surface area contributed by atoms with Crippen LogP contribution < -0.4 is 4.18 Å². The lowest BCUT2D eigenvalue weighted by atomic mass is 9.81. The van der Waals surface area contributed by atoms with Gasteiger partial charge in [-0.05, 0) is 84.9 Å². The molecule has 176 valence electrons. The molecular formula is C28H19F3O3S. The maximum atomic E-state index is 12.9. The second kappa shape index (κ2) is 6.98. The Labute approximate surface area is 199 Å². The maximum Gasteiger partial charge on any atom is 0.534 e. The van der Waals surface area contributed by atoms with Crippen molar-refractivity contribution in [3.8, 4) is 16.9 Å². The number of halogens is 3. The Morgan fingerprint density at radius 3 is 1.91 bits per heavy atom. The molecule has 0 aromatic heterocycles. The molecule has 0 heterocycles. The summed E-state index contributed by atoms with van der Waals surface area (Å²) in [6.07, 6.45) is 0. The molecule has 3 nitrogen and oxygen atoms in total. The third kappa shape index (κ3) is 3.07. The minimum atomic E-state index is -5.77. The van der Waals surface area contributed by atoms with E-state index in [-0.39, 0.29) is 11.2 Å².